The van der Waals surface area contributed by atoms with E-state index in [0.29, 0.717) is 22.1 Å². The minimum atomic E-state index is -0.264. The zero-order chi connectivity index (χ0) is 23.8. The number of rotatable bonds is 10. The molecule has 7 heteroatoms. The maximum atomic E-state index is 12.6. The second-order valence-electron chi connectivity index (χ2n) is 7.44. The first-order chi connectivity index (χ1) is 15.9. The Bertz CT molecular complexity index is 1150. The summed E-state index contributed by atoms with van der Waals surface area (Å²) in [6.07, 6.45) is 5.28. The summed E-state index contributed by atoms with van der Waals surface area (Å²) in [5, 5.41) is 2.79. The Morgan fingerprint density at radius 3 is 2.55 bits per heavy atom. The molecule has 1 N–H and O–H groups in total. The number of carbonyl (C=O) groups is 2. The molecule has 0 atom stereocenters. The van der Waals surface area contributed by atoms with Crippen molar-refractivity contribution >= 4 is 50.7 Å². The third-order valence-corrected chi connectivity index (χ3v) is 6.97. The molecule has 1 aromatic heterocycles. The molecule has 3 rings (SSSR count). The highest BCUT2D eigenvalue weighted by molar-refractivity contribution is 9.10. The number of aryl methyl sites for hydroxylation is 2. The zero-order valence-electron chi connectivity index (χ0n) is 18.8. The first-order valence-electron chi connectivity index (χ1n) is 10.6. The Balaban J connectivity index is 1.61. The Kier molecular flexibility index (Phi) is 8.86. The lowest BCUT2D eigenvalue weighted by Crippen LogP contribution is -2.20. The average molecular weight is 528 g/mol. The van der Waals surface area contributed by atoms with Gasteiger partial charge in [0.2, 0.25) is 0 Å². The number of methoxy groups -OCH3 is 1. The number of ketones is 1. The molecule has 1 heterocycles. The van der Waals surface area contributed by atoms with E-state index < -0.39 is 0 Å². The quantitative estimate of drug-likeness (QED) is 0.235. The summed E-state index contributed by atoms with van der Waals surface area (Å²) in [6, 6.07) is 14.7. The number of halogens is 1. The highest BCUT2D eigenvalue weighted by atomic mass is 79.9. The second-order valence-corrected chi connectivity index (χ2v) is 9.43. The van der Waals surface area contributed by atoms with Gasteiger partial charge in [0.15, 0.2) is 23.9 Å². The van der Waals surface area contributed by atoms with E-state index in [0.717, 1.165) is 28.4 Å². The molecular formula is C26H26BrNO4S. The highest BCUT2D eigenvalue weighted by Crippen LogP contribution is 2.30. The fourth-order valence-corrected chi connectivity index (χ4v) is 4.96. The fourth-order valence-electron chi connectivity index (χ4n) is 3.06. The van der Waals surface area contributed by atoms with Crippen LogP contribution in [0.3, 0.4) is 0 Å². The normalized spacial score (nSPS) is 10.9. The molecule has 0 saturated heterocycles. The molecule has 1 amide bonds. The number of anilines is 1. The monoisotopic (exact) mass is 527 g/mol. The molecule has 0 unspecified atom stereocenters. The van der Waals surface area contributed by atoms with E-state index in [-0.39, 0.29) is 18.3 Å². The summed E-state index contributed by atoms with van der Waals surface area (Å²) < 4.78 is 12.0. The van der Waals surface area contributed by atoms with Crippen LogP contribution in [-0.2, 0) is 11.2 Å². The summed E-state index contributed by atoms with van der Waals surface area (Å²) in [5.41, 5.74) is 2.63. The van der Waals surface area contributed by atoms with E-state index in [1.54, 1.807) is 24.3 Å². The molecule has 3 aromatic rings. The largest absolute Gasteiger partial charge is 0.493 e. The molecule has 33 heavy (non-hydrogen) atoms. The molecule has 0 radical (unpaired) electrons. The number of hydrogen-bond donors (Lipinski definition) is 1. The summed E-state index contributed by atoms with van der Waals surface area (Å²) in [6.45, 7) is 3.95. The Morgan fingerprint density at radius 2 is 1.85 bits per heavy atom. The van der Waals surface area contributed by atoms with E-state index in [9.17, 15) is 9.59 Å². The molecule has 0 spiro atoms. The zero-order valence-corrected chi connectivity index (χ0v) is 21.2. The predicted octanol–water partition coefficient (Wildman–Crippen LogP) is 6.69. The van der Waals surface area contributed by atoms with E-state index >= 15 is 0 Å². The van der Waals surface area contributed by atoms with E-state index in [2.05, 4.69) is 28.2 Å². The molecule has 0 fully saturated rings. The molecule has 2 aromatic carbocycles. The number of nitrogens with one attached hydrogen (secondary N) is 1. The van der Waals surface area contributed by atoms with Crippen LogP contribution in [0, 0.1) is 6.92 Å². The Labute approximate surface area is 206 Å². The van der Waals surface area contributed by atoms with Crippen molar-refractivity contribution in [3.05, 3.63) is 80.0 Å². The van der Waals surface area contributed by atoms with Crippen molar-refractivity contribution in [2.75, 3.05) is 19.0 Å². The van der Waals surface area contributed by atoms with Gasteiger partial charge in [-0.15, -0.1) is 11.3 Å². The van der Waals surface area contributed by atoms with Crippen LogP contribution in [-0.4, -0.2) is 25.4 Å². The van der Waals surface area contributed by atoms with E-state index in [1.165, 1.54) is 23.3 Å². The SMILES string of the molecule is CCCc1sc(C(=O)/C=C/c2ccc(OCC(=O)Nc3ccc(C)cc3)c(OC)c2)cc1Br. The van der Waals surface area contributed by atoms with Gasteiger partial charge in [-0.05, 0) is 71.2 Å². The maximum Gasteiger partial charge on any atom is 0.262 e. The summed E-state index contributed by atoms with van der Waals surface area (Å²) in [7, 11) is 1.53. The van der Waals surface area contributed by atoms with Crippen LogP contribution in [0.25, 0.3) is 6.08 Å². The van der Waals surface area contributed by atoms with Crippen molar-refractivity contribution in [3.63, 3.8) is 0 Å². The molecule has 5 nitrogen and oxygen atoms in total. The van der Waals surface area contributed by atoms with Gasteiger partial charge in [-0.1, -0.05) is 43.2 Å². The molecule has 172 valence electrons. The van der Waals surface area contributed by atoms with E-state index in [4.69, 9.17) is 9.47 Å². The fraction of sp³-hybridized carbons (Fsp3) is 0.231. The third kappa shape index (κ3) is 7.04. The van der Waals surface area contributed by atoms with Gasteiger partial charge in [-0.2, -0.15) is 0 Å². The smallest absolute Gasteiger partial charge is 0.262 e. The summed E-state index contributed by atoms with van der Waals surface area (Å²) >= 11 is 5.05. The minimum absolute atomic E-state index is 0.0462. The van der Waals surface area contributed by atoms with Gasteiger partial charge in [0.05, 0.1) is 12.0 Å². The first-order valence-corrected chi connectivity index (χ1v) is 12.2. The van der Waals surface area contributed by atoms with Gasteiger partial charge in [-0.3, -0.25) is 9.59 Å². The van der Waals surface area contributed by atoms with Crippen LogP contribution < -0.4 is 14.8 Å². The Morgan fingerprint density at radius 1 is 1.09 bits per heavy atom. The van der Waals surface area contributed by atoms with Crippen molar-refractivity contribution in [1.29, 1.82) is 0 Å². The van der Waals surface area contributed by atoms with Crippen LogP contribution in [0.5, 0.6) is 11.5 Å². The molecule has 0 aliphatic carbocycles. The van der Waals surface area contributed by atoms with Crippen LogP contribution in [0.4, 0.5) is 5.69 Å². The van der Waals surface area contributed by atoms with Crippen molar-refractivity contribution in [1.82, 2.24) is 0 Å². The Hall–Kier alpha value is -2.90. The number of benzene rings is 2. The first kappa shape index (κ1) is 24.7. The number of hydrogen-bond acceptors (Lipinski definition) is 5. The molecular weight excluding hydrogens is 502 g/mol. The lowest BCUT2D eigenvalue weighted by atomic mass is 10.1. The minimum Gasteiger partial charge on any atom is -0.493 e. The number of amides is 1. The predicted molar refractivity (Wildman–Crippen MR) is 138 cm³/mol. The van der Waals surface area contributed by atoms with Crippen molar-refractivity contribution in [2.45, 2.75) is 26.7 Å². The third-order valence-electron chi connectivity index (χ3n) is 4.79. The molecule has 0 aliphatic heterocycles. The van der Waals surface area contributed by atoms with Crippen LogP contribution in [0.2, 0.25) is 0 Å². The molecule has 0 saturated carbocycles. The van der Waals surface area contributed by atoms with Crippen molar-refractivity contribution < 1.29 is 19.1 Å². The number of carbonyl (C=O) groups excluding carboxylic acids is 2. The number of allylic oxidation sites excluding steroid dienone is 1. The summed E-state index contributed by atoms with van der Waals surface area (Å²) in [5.74, 6) is 0.624. The van der Waals surface area contributed by atoms with Gasteiger partial charge in [0, 0.05) is 15.0 Å². The van der Waals surface area contributed by atoms with Gasteiger partial charge < -0.3 is 14.8 Å². The van der Waals surface area contributed by atoms with Crippen molar-refractivity contribution in [3.8, 4) is 11.5 Å². The average Bonchev–Trinajstić information content (AvgIpc) is 3.18. The summed E-state index contributed by atoms with van der Waals surface area (Å²) in [4.78, 5) is 26.6. The van der Waals surface area contributed by atoms with Crippen LogP contribution >= 0.6 is 27.3 Å². The van der Waals surface area contributed by atoms with Crippen molar-refractivity contribution in [2.24, 2.45) is 0 Å². The lowest BCUT2D eigenvalue weighted by molar-refractivity contribution is -0.118. The van der Waals surface area contributed by atoms with Gasteiger partial charge in [0.1, 0.15) is 0 Å². The van der Waals surface area contributed by atoms with Gasteiger partial charge >= 0.3 is 0 Å². The number of thiophene rings is 1. The highest BCUT2D eigenvalue weighted by Gasteiger charge is 2.12. The molecule has 0 bridgehead atoms. The van der Waals surface area contributed by atoms with E-state index in [1.807, 2.05) is 43.3 Å². The van der Waals surface area contributed by atoms with Crippen LogP contribution in [0.15, 0.2) is 59.1 Å². The lowest BCUT2D eigenvalue weighted by Gasteiger charge is -2.11. The van der Waals surface area contributed by atoms with Crippen LogP contribution in [0.1, 0.15) is 39.0 Å². The standard InChI is InChI=1S/C26H26BrNO4S/c1-4-5-24-20(27)15-25(33-24)21(29)12-8-18-9-13-22(23(14-18)31-3)32-16-26(30)28-19-10-6-17(2)7-11-19/h6-15H,4-5,16H2,1-3H3,(H,28,30)/b12-8+. The molecule has 0 aliphatic rings. The second kappa shape index (κ2) is 11.8. The van der Waals surface area contributed by atoms with Gasteiger partial charge in [-0.25, -0.2) is 0 Å². The van der Waals surface area contributed by atoms with Gasteiger partial charge in [0.25, 0.3) is 5.91 Å². The maximum absolute atomic E-state index is 12.6. The topological polar surface area (TPSA) is 64.6 Å². The number of ether oxygens (including phenoxy) is 2.